The summed E-state index contributed by atoms with van der Waals surface area (Å²) in [5, 5.41) is 9.15. The molecule has 0 heterocycles. The van der Waals surface area contributed by atoms with Gasteiger partial charge in [0.2, 0.25) is 0 Å². The molecule has 0 saturated carbocycles. The average molecular weight is 1170 g/mol. The largest absolute Gasteiger partial charge is 0.113 e. The van der Waals surface area contributed by atoms with Crippen molar-refractivity contribution >= 4 is 206 Å². The van der Waals surface area contributed by atoms with E-state index in [1.54, 1.807) is 21.0 Å². The third-order valence-corrected chi connectivity index (χ3v) is 19.6. The Morgan fingerprint density at radius 2 is 0.789 bits per heavy atom. The molecule has 8 rings (SSSR count). The van der Waals surface area contributed by atoms with Gasteiger partial charge in [-0.05, 0) is 332 Å². The van der Waals surface area contributed by atoms with Crippen LogP contribution < -0.4 is 21.9 Å². The summed E-state index contributed by atoms with van der Waals surface area (Å²) < 4.78 is 0. The molecule has 0 fully saturated rings. The van der Waals surface area contributed by atoms with Gasteiger partial charge in [0, 0.05) is 130 Å². The van der Waals surface area contributed by atoms with E-state index in [-0.39, 0.29) is 0 Å². The zero-order chi connectivity index (χ0) is 70.1. The lowest BCUT2D eigenvalue weighted by molar-refractivity contribution is 1.27. The molecule has 95 heavy (non-hydrogen) atoms. The van der Waals surface area contributed by atoms with Gasteiger partial charge in [-0.15, -0.1) is 24.2 Å². The van der Waals surface area contributed by atoms with Crippen LogP contribution in [0.2, 0.25) is 0 Å². The molecule has 22 radical (unpaired) electrons. The number of terminal acetylenes is 2. The molecule has 0 aliphatic carbocycles. The second-order valence-corrected chi connectivity index (χ2v) is 24.4. The summed E-state index contributed by atoms with van der Waals surface area (Å²) in [6.07, 6.45) is 7.75. The van der Waals surface area contributed by atoms with Crippen LogP contribution in [-0.2, 0) is 0 Å². The summed E-state index contributed by atoms with van der Waals surface area (Å²) in [5.41, 5.74) is 23.4. The van der Waals surface area contributed by atoms with E-state index in [9.17, 15) is 0 Å². The van der Waals surface area contributed by atoms with Crippen molar-refractivity contribution in [3.05, 3.63) is 112 Å². The fourth-order valence-electron chi connectivity index (χ4n) is 14.8. The highest BCUT2D eigenvalue weighted by atomic mass is 14.3. The highest BCUT2D eigenvalue weighted by Crippen LogP contribution is 2.53. The molecule has 0 amide bonds. The van der Waals surface area contributed by atoms with Crippen molar-refractivity contribution in [3.63, 3.8) is 0 Å². The van der Waals surface area contributed by atoms with E-state index in [1.807, 2.05) is 13.8 Å². The van der Waals surface area contributed by atoms with Crippen LogP contribution in [0.1, 0.15) is 126 Å². The molecule has 0 nitrogen and oxygen atoms in total. The second kappa shape index (κ2) is 29.6. The Kier molecular flexibility index (Phi) is 22.5. The zero-order valence-electron chi connectivity index (χ0n) is 57.6. The van der Waals surface area contributed by atoms with Crippen LogP contribution in [0, 0.1) is 228 Å². The van der Waals surface area contributed by atoms with Crippen molar-refractivity contribution in [2.24, 2.45) is 0 Å². The fraction of sp³-hybridized carbons (Fsp3) is 0.221. The lowest BCUT2D eigenvalue weighted by atomic mass is 8.67. The average Bonchev–Trinajstić information content (AvgIpc) is 0.696. The van der Waals surface area contributed by atoms with E-state index < -0.39 is 38.5 Å². The number of rotatable bonds is 10. The Hall–Kier alpha value is -8.61. The van der Waals surface area contributed by atoms with Crippen molar-refractivity contribution in [2.45, 2.75) is 118 Å². The van der Waals surface area contributed by atoms with Gasteiger partial charge in [0.1, 0.15) is 7.85 Å². The molecule has 0 N–H and O–H groups in total. The predicted molar refractivity (Wildman–Crippen MR) is 433 cm³/mol. The van der Waals surface area contributed by atoms with Gasteiger partial charge in [0.25, 0.3) is 0 Å². The van der Waals surface area contributed by atoms with Gasteiger partial charge >= 0.3 is 0 Å². The summed E-state index contributed by atoms with van der Waals surface area (Å²) in [5.74, 6) is 60.3. The highest BCUT2D eigenvalue weighted by Gasteiger charge is 2.38. The first-order chi connectivity index (χ1) is 45.2. The molecule has 8 aromatic rings. The summed E-state index contributed by atoms with van der Waals surface area (Å²) in [6.45, 7) is 34.0. The summed E-state index contributed by atoms with van der Waals surface area (Å²) in [4.78, 5) is 0. The first-order valence-corrected chi connectivity index (χ1v) is 31.2. The van der Waals surface area contributed by atoms with E-state index in [0.29, 0.717) is 49.5 Å². The SMILES string of the molecule is [B][B]B([B])B(B([B])[B])c1c(B(B([B])[B])B([B])[B])c(C)c(C)c2c(C)c(-c3c(C)c(C)c(C)c4c(C)c5c(-c6c(C)c7c(C)c(C)c(C#CC)c(C#CC#C)c7c7c(C#CC#CC)c(C#CC#CC#C)c(C#CC#CC#CC)cc67)c(C)c(C)c(C)c5c(C)c34)c([B][B])c([B])c12. The quantitative estimate of drug-likeness (QED) is 0.0679. The topological polar surface area (TPSA) is 0 Å². The maximum absolute atomic E-state index is 7.77. The van der Waals surface area contributed by atoms with E-state index >= 15 is 0 Å². The molecular formula is C77H54B18. The summed E-state index contributed by atoms with van der Waals surface area (Å²) >= 11 is 0. The molecule has 416 valence electrons. The molecule has 0 spiro atoms. The van der Waals surface area contributed by atoms with Gasteiger partial charge in [0.15, 0.2) is 0 Å². The Morgan fingerprint density at radius 1 is 0.347 bits per heavy atom. The first kappa shape index (κ1) is 72.2. The highest BCUT2D eigenvalue weighted by molar-refractivity contribution is 7.89. The maximum atomic E-state index is 7.77. The first-order valence-electron chi connectivity index (χ1n) is 31.2. The van der Waals surface area contributed by atoms with Crippen molar-refractivity contribution in [1.29, 1.82) is 0 Å². The van der Waals surface area contributed by atoms with Crippen LogP contribution >= 0.6 is 0 Å². The summed E-state index contributed by atoms with van der Waals surface area (Å²) in [7, 11) is 70.9. The molecule has 8 aromatic carbocycles. The Labute approximate surface area is 584 Å². The molecule has 0 bridgehead atoms. The number of aryl methyl sites for hydroxylation is 8. The van der Waals surface area contributed by atoms with Gasteiger partial charge in [-0.25, -0.2) is 0 Å². The van der Waals surface area contributed by atoms with Crippen LogP contribution in [0.3, 0.4) is 0 Å². The third kappa shape index (κ3) is 12.2. The van der Waals surface area contributed by atoms with Gasteiger partial charge < -0.3 is 0 Å². The number of fused-ring (bicyclic) bond motifs is 6. The number of hydrogen-bond donors (Lipinski definition) is 0. The Bertz CT molecular complexity index is 5460. The van der Waals surface area contributed by atoms with Crippen molar-refractivity contribution in [1.82, 2.24) is 0 Å². The van der Waals surface area contributed by atoms with Crippen LogP contribution in [0.5, 0.6) is 0 Å². The smallest absolute Gasteiger partial charge is 0.106 e. The second-order valence-electron chi connectivity index (χ2n) is 24.4. The molecule has 18 heteroatoms. The van der Waals surface area contributed by atoms with Crippen LogP contribution in [-0.4, -0.2) is 130 Å². The third-order valence-electron chi connectivity index (χ3n) is 19.6. The van der Waals surface area contributed by atoms with Gasteiger partial charge in [-0.3, -0.25) is 0 Å². The van der Waals surface area contributed by atoms with Crippen molar-refractivity contribution in [2.75, 3.05) is 0 Å². The van der Waals surface area contributed by atoms with Crippen molar-refractivity contribution < 1.29 is 0 Å². The molecule has 0 saturated heterocycles. The number of hydrogen-bond acceptors (Lipinski definition) is 0. The minimum atomic E-state index is -1.04. The normalized spacial score (nSPS) is 10.0. The molecular weight excluding hydrogens is 1120 g/mol. The van der Waals surface area contributed by atoms with Crippen molar-refractivity contribution in [3.8, 4) is 154 Å². The zero-order valence-corrected chi connectivity index (χ0v) is 57.6. The Balaban J connectivity index is 1.75. The van der Waals surface area contributed by atoms with E-state index in [4.69, 9.17) is 90.3 Å². The molecule has 0 aliphatic rings. The van der Waals surface area contributed by atoms with Crippen LogP contribution in [0.4, 0.5) is 0 Å². The minimum Gasteiger partial charge on any atom is -0.106 e. The van der Waals surface area contributed by atoms with Gasteiger partial charge in [-0.1, -0.05) is 63.4 Å². The fourth-order valence-corrected chi connectivity index (χ4v) is 14.8. The van der Waals surface area contributed by atoms with Crippen LogP contribution in [0.25, 0.3) is 76.1 Å². The molecule has 0 unspecified atom stereocenters. The van der Waals surface area contributed by atoms with E-state index in [2.05, 4.69) is 214 Å². The van der Waals surface area contributed by atoms with E-state index in [0.717, 1.165) is 154 Å². The molecule has 0 aliphatic heterocycles. The lowest BCUT2D eigenvalue weighted by Crippen LogP contribution is -2.72. The summed E-state index contributed by atoms with van der Waals surface area (Å²) in [6, 6.07) is 2.10. The van der Waals surface area contributed by atoms with Crippen LogP contribution in [0.15, 0.2) is 6.07 Å². The van der Waals surface area contributed by atoms with E-state index in [1.165, 1.54) is 7.06 Å². The minimum absolute atomic E-state index is 0.371. The van der Waals surface area contributed by atoms with Gasteiger partial charge in [0.05, 0.1) is 31.3 Å². The standard InChI is InChI=1S/C77H54B18/c1-20-25-29-31-33-36-55-40-60-65(51(16)63-48(13)43(8)56(35-24-5)58(37-28-23-4)72(63)71(60)59(39-32-27-22-3)57(55)38-34-30-26-21-2)66-46(11)41(6)44(9)61-53(18)69-62(52(17)68(61)66)45(10)42(7)47(12)67(69)70-54(19)64-49(14)50(15)76(90(92(81)82)93(83)84)77(73(64)74(78)75(70)88-79)91(94(85)86)95(87)89-80/h2,4,40H,1,3,5-19H3. The number of benzene rings is 8. The maximum Gasteiger partial charge on any atom is 0.113 e. The Morgan fingerprint density at radius 3 is 1.32 bits per heavy atom. The molecule has 0 aromatic heterocycles. The monoisotopic (exact) mass is 1180 g/mol. The molecule has 0 atom stereocenters. The van der Waals surface area contributed by atoms with Gasteiger partial charge in [-0.2, -0.15) is 0 Å². The lowest BCUT2D eigenvalue weighted by Gasteiger charge is -2.37. The predicted octanol–water partition coefficient (Wildman–Crippen LogP) is 6.05.